The van der Waals surface area contributed by atoms with E-state index in [9.17, 15) is 5.11 Å². The summed E-state index contributed by atoms with van der Waals surface area (Å²) in [5, 5.41) is 13.1. The van der Waals surface area contributed by atoms with E-state index in [1.54, 1.807) is 0 Å². The lowest BCUT2D eigenvalue weighted by atomic mass is 10.2. The van der Waals surface area contributed by atoms with Crippen LogP contribution in [0.1, 0.15) is 25.7 Å². The van der Waals surface area contributed by atoms with Crippen molar-refractivity contribution in [2.45, 2.75) is 31.8 Å². The SMILES string of the molecule is OC(CNc1ccc(N2CCCC2)cc1)COCC1CC1. The number of hydrogen-bond acceptors (Lipinski definition) is 4. The zero-order valence-electron chi connectivity index (χ0n) is 12.6. The molecule has 1 aliphatic heterocycles. The molecule has 1 saturated carbocycles. The summed E-state index contributed by atoms with van der Waals surface area (Å²) < 4.78 is 5.50. The molecule has 0 amide bonds. The molecule has 1 aromatic carbocycles. The van der Waals surface area contributed by atoms with Gasteiger partial charge in [-0.3, -0.25) is 0 Å². The van der Waals surface area contributed by atoms with Crippen LogP contribution >= 0.6 is 0 Å². The molecule has 0 spiro atoms. The monoisotopic (exact) mass is 290 g/mol. The molecule has 1 aliphatic carbocycles. The molecule has 1 saturated heterocycles. The summed E-state index contributed by atoms with van der Waals surface area (Å²) in [6, 6.07) is 8.49. The van der Waals surface area contributed by atoms with E-state index >= 15 is 0 Å². The first-order chi connectivity index (χ1) is 10.3. The second kappa shape index (κ2) is 7.14. The summed E-state index contributed by atoms with van der Waals surface area (Å²) in [5.41, 5.74) is 2.35. The fraction of sp³-hybridized carbons (Fsp3) is 0.647. The molecule has 2 aliphatic rings. The Labute approximate surface area is 127 Å². The van der Waals surface area contributed by atoms with Gasteiger partial charge in [-0.15, -0.1) is 0 Å². The average molecular weight is 290 g/mol. The molecule has 4 heteroatoms. The first-order valence-electron chi connectivity index (χ1n) is 8.16. The Balaban J connectivity index is 1.37. The predicted octanol–water partition coefficient (Wildman–Crippen LogP) is 2.49. The predicted molar refractivity (Wildman–Crippen MR) is 85.9 cm³/mol. The lowest BCUT2D eigenvalue weighted by Crippen LogP contribution is -2.25. The number of nitrogens with zero attached hydrogens (tertiary/aromatic N) is 1. The van der Waals surface area contributed by atoms with Crippen LogP contribution in [0, 0.1) is 5.92 Å². The standard InChI is InChI=1S/C17H26N2O2/c20-17(13-21-12-14-3-4-14)11-18-15-5-7-16(8-6-15)19-9-1-2-10-19/h5-8,14,17-18,20H,1-4,9-13H2. The van der Waals surface area contributed by atoms with Gasteiger partial charge in [0, 0.05) is 37.6 Å². The maximum absolute atomic E-state index is 9.88. The van der Waals surface area contributed by atoms with E-state index in [4.69, 9.17) is 4.74 Å². The van der Waals surface area contributed by atoms with Crippen LogP contribution in [0.2, 0.25) is 0 Å². The van der Waals surface area contributed by atoms with Gasteiger partial charge in [-0.25, -0.2) is 0 Å². The van der Waals surface area contributed by atoms with Gasteiger partial charge in [0.25, 0.3) is 0 Å². The molecular weight excluding hydrogens is 264 g/mol. The van der Waals surface area contributed by atoms with Crippen LogP contribution in [0.25, 0.3) is 0 Å². The highest BCUT2D eigenvalue weighted by Crippen LogP contribution is 2.28. The van der Waals surface area contributed by atoms with Gasteiger partial charge in [0.2, 0.25) is 0 Å². The van der Waals surface area contributed by atoms with E-state index in [-0.39, 0.29) is 0 Å². The minimum Gasteiger partial charge on any atom is -0.389 e. The average Bonchev–Trinajstić information content (AvgIpc) is 3.16. The first kappa shape index (κ1) is 14.7. The summed E-state index contributed by atoms with van der Waals surface area (Å²) in [4.78, 5) is 2.42. The molecule has 3 rings (SSSR count). The number of aliphatic hydroxyl groups excluding tert-OH is 1. The second-order valence-corrected chi connectivity index (χ2v) is 6.26. The Hall–Kier alpha value is -1.26. The number of nitrogens with one attached hydrogen (secondary N) is 1. The molecule has 0 bridgehead atoms. The topological polar surface area (TPSA) is 44.7 Å². The quantitative estimate of drug-likeness (QED) is 0.772. The minimum absolute atomic E-state index is 0.426. The summed E-state index contributed by atoms with van der Waals surface area (Å²) in [6.45, 7) is 4.11. The van der Waals surface area contributed by atoms with Gasteiger partial charge in [-0.1, -0.05) is 0 Å². The van der Waals surface area contributed by atoms with Gasteiger partial charge >= 0.3 is 0 Å². The van der Waals surface area contributed by atoms with Gasteiger partial charge < -0.3 is 20.1 Å². The van der Waals surface area contributed by atoms with Crippen molar-refractivity contribution in [3.63, 3.8) is 0 Å². The van der Waals surface area contributed by atoms with E-state index in [0.717, 1.165) is 18.2 Å². The van der Waals surface area contributed by atoms with Crippen molar-refractivity contribution in [1.29, 1.82) is 0 Å². The van der Waals surface area contributed by atoms with Crippen molar-refractivity contribution in [2.24, 2.45) is 5.92 Å². The van der Waals surface area contributed by atoms with Crippen LogP contribution < -0.4 is 10.2 Å². The molecule has 0 radical (unpaired) electrons. The van der Waals surface area contributed by atoms with E-state index in [1.165, 1.54) is 44.5 Å². The molecular formula is C17H26N2O2. The lowest BCUT2D eigenvalue weighted by Gasteiger charge is -2.18. The fourth-order valence-electron chi connectivity index (χ4n) is 2.72. The Kier molecular flexibility index (Phi) is 4.99. The third-order valence-electron chi connectivity index (χ3n) is 4.24. The largest absolute Gasteiger partial charge is 0.389 e. The van der Waals surface area contributed by atoms with Gasteiger partial charge in [0.05, 0.1) is 12.7 Å². The van der Waals surface area contributed by atoms with Crippen LogP contribution in [-0.2, 0) is 4.74 Å². The maximum Gasteiger partial charge on any atom is 0.0945 e. The van der Waals surface area contributed by atoms with Crippen molar-refractivity contribution in [2.75, 3.05) is 43.1 Å². The van der Waals surface area contributed by atoms with E-state index < -0.39 is 6.10 Å². The van der Waals surface area contributed by atoms with Gasteiger partial charge in [0.1, 0.15) is 0 Å². The number of anilines is 2. The van der Waals surface area contributed by atoms with Gasteiger partial charge in [-0.2, -0.15) is 0 Å². The van der Waals surface area contributed by atoms with Gasteiger partial charge in [0.15, 0.2) is 0 Å². The number of hydrogen-bond donors (Lipinski definition) is 2. The van der Waals surface area contributed by atoms with Crippen LogP contribution in [0.4, 0.5) is 11.4 Å². The van der Waals surface area contributed by atoms with Crippen molar-refractivity contribution < 1.29 is 9.84 Å². The maximum atomic E-state index is 9.88. The van der Waals surface area contributed by atoms with E-state index in [0.29, 0.717) is 13.2 Å². The molecule has 1 atom stereocenters. The van der Waals surface area contributed by atoms with Crippen LogP contribution in [0.15, 0.2) is 24.3 Å². The van der Waals surface area contributed by atoms with Crippen molar-refractivity contribution in [3.8, 4) is 0 Å². The van der Waals surface area contributed by atoms with Crippen LogP contribution in [0.3, 0.4) is 0 Å². The Morgan fingerprint density at radius 3 is 2.57 bits per heavy atom. The molecule has 2 N–H and O–H groups in total. The van der Waals surface area contributed by atoms with Crippen molar-refractivity contribution in [1.82, 2.24) is 0 Å². The normalized spacial score (nSPS) is 19.8. The molecule has 1 aromatic rings. The zero-order valence-corrected chi connectivity index (χ0v) is 12.6. The molecule has 1 heterocycles. The summed E-state index contributed by atoms with van der Waals surface area (Å²) in [6.07, 6.45) is 4.73. The Morgan fingerprint density at radius 1 is 1.19 bits per heavy atom. The second-order valence-electron chi connectivity index (χ2n) is 6.26. The molecule has 0 aromatic heterocycles. The van der Waals surface area contributed by atoms with Crippen molar-refractivity contribution in [3.05, 3.63) is 24.3 Å². The third-order valence-corrected chi connectivity index (χ3v) is 4.24. The molecule has 1 unspecified atom stereocenters. The smallest absolute Gasteiger partial charge is 0.0945 e. The number of ether oxygens (including phenoxy) is 1. The van der Waals surface area contributed by atoms with Crippen LogP contribution in [-0.4, -0.2) is 44.1 Å². The molecule has 2 fully saturated rings. The summed E-state index contributed by atoms with van der Waals surface area (Å²) in [5.74, 6) is 0.753. The fourth-order valence-corrected chi connectivity index (χ4v) is 2.72. The Bertz CT molecular complexity index is 425. The van der Waals surface area contributed by atoms with E-state index in [1.807, 2.05) is 0 Å². The highest BCUT2D eigenvalue weighted by atomic mass is 16.5. The highest BCUT2D eigenvalue weighted by molar-refractivity contribution is 5.55. The zero-order chi connectivity index (χ0) is 14.5. The highest BCUT2D eigenvalue weighted by Gasteiger charge is 2.21. The number of rotatable bonds is 8. The third kappa shape index (κ3) is 4.61. The van der Waals surface area contributed by atoms with E-state index in [2.05, 4.69) is 34.5 Å². The lowest BCUT2D eigenvalue weighted by molar-refractivity contribution is 0.0386. The molecule has 21 heavy (non-hydrogen) atoms. The van der Waals surface area contributed by atoms with Crippen LogP contribution in [0.5, 0.6) is 0 Å². The van der Waals surface area contributed by atoms with Gasteiger partial charge in [-0.05, 0) is 55.9 Å². The summed E-state index contributed by atoms with van der Waals surface area (Å²) >= 11 is 0. The first-order valence-corrected chi connectivity index (χ1v) is 8.16. The summed E-state index contributed by atoms with van der Waals surface area (Å²) in [7, 11) is 0. The molecule has 116 valence electrons. The number of benzene rings is 1. The Morgan fingerprint density at radius 2 is 1.90 bits per heavy atom. The molecule has 4 nitrogen and oxygen atoms in total. The minimum atomic E-state index is -0.443. The van der Waals surface area contributed by atoms with Crippen molar-refractivity contribution >= 4 is 11.4 Å². The number of aliphatic hydroxyl groups is 1.